The van der Waals surface area contributed by atoms with Crippen molar-refractivity contribution in [1.29, 1.82) is 0 Å². The highest BCUT2D eigenvalue weighted by Gasteiger charge is 2.26. The molecular formula is C78H106F2N12O6. The van der Waals surface area contributed by atoms with E-state index in [0.717, 1.165) is 172 Å². The monoisotopic (exact) mass is 1340 g/mol. The van der Waals surface area contributed by atoms with Crippen LogP contribution in [-0.2, 0) is 52.9 Å². The maximum Gasteiger partial charge on any atom is 0.227 e. The van der Waals surface area contributed by atoms with Gasteiger partial charge in [-0.25, -0.2) is 37.3 Å². The van der Waals surface area contributed by atoms with Crippen molar-refractivity contribution in [3.05, 3.63) is 142 Å². The first-order valence-electron chi connectivity index (χ1n) is 35.8. The number of amides is 3. The molecule has 0 aliphatic carbocycles. The number of fused-ring (bicyclic) bond motifs is 3. The second-order valence-electron chi connectivity index (χ2n) is 24.6. The van der Waals surface area contributed by atoms with Crippen molar-refractivity contribution in [2.24, 2.45) is 0 Å². The summed E-state index contributed by atoms with van der Waals surface area (Å²) in [7, 11) is 0. The number of carbonyl (C=O) groups is 3. The molecule has 0 spiro atoms. The van der Waals surface area contributed by atoms with Gasteiger partial charge in [0.05, 0.1) is 43.0 Å². The predicted molar refractivity (Wildman–Crippen MR) is 388 cm³/mol. The summed E-state index contributed by atoms with van der Waals surface area (Å²) in [4.78, 5) is 59.4. The van der Waals surface area contributed by atoms with Gasteiger partial charge >= 0.3 is 0 Å². The number of hydrogen-bond acceptors (Lipinski definition) is 12. The van der Waals surface area contributed by atoms with Crippen molar-refractivity contribution in [2.45, 2.75) is 186 Å². The molecule has 20 heteroatoms. The molecular weight excluding hydrogens is 1240 g/mol. The van der Waals surface area contributed by atoms with Gasteiger partial charge in [-0.3, -0.25) is 14.4 Å². The quantitative estimate of drug-likeness (QED) is 0.0344. The van der Waals surface area contributed by atoms with E-state index < -0.39 is 13.3 Å². The van der Waals surface area contributed by atoms with E-state index in [1.54, 1.807) is 12.1 Å². The molecule has 0 unspecified atom stereocenters. The van der Waals surface area contributed by atoms with E-state index in [2.05, 4.69) is 52.8 Å². The number of halogens is 2. The molecule has 6 heterocycles. The number of rotatable bonds is 35. The summed E-state index contributed by atoms with van der Waals surface area (Å²) < 4.78 is 47.0. The van der Waals surface area contributed by atoms with E-state index in [1.165, 1.54) is 12.8 Å². The largest absolute Gasteiger partial charge is 0.494 e. The minimum atomic E-state index is -0.531. The summed E-state index contributed by atoms with van der Waals surface area (Å²) in [6.45, 7) is 30.5. The second kappa shape index (κ2) is 39.0. The first-order chi connectivity index (χ1) is 47.5. The van der Waals surface area contributed by atoms with E-state index in [0.29, 0.717) is 63.8 Å². The number of benzene rings is 3. The average Bonchev–Trinajstić information content (AvgIpc) is 1.63. The number of ether oxygens (including phenoxy) is 3. The fourth-order valence-electron chi connectivity index (χ4n) is 12.1. The van der Waals surface area contributed by atoms with E-state index in [9.17, 15) is 23.2 Å². The molecule has 3 aromatic carbocycles. The first kappa shape index (κ1) is 76.6. The van der Waals surface area contributed by atoms with Crippen molar-refractivity contribution >= 4 is 34.7 Å². The normalized spacial score (nSPS) is 11.2. The molecule has 98 heavy (non-hydrogen) atoms. The third kappa shape index (κ3) is 20.2. The lowest BCUT2D eigenvalue weighted by atomic mass is 10.0. The van der Waals surface area contributed by atoms with Crippen LogP contribution in [0.5, 0.6) is 17.2 Å². The van der Waals surface area contributed by atoms with Crippen LogP contribution in [0.1, 0.15) is 178 Å². The lowest BCUT2D eigenvalue weighted by Crippen LogP contribution is -2.31. The van der Waals surface area contributed by atoms with Crippen LogP contribution in [0, 0.1) is 20.8 Å². The number of carbonyl (C=O) groups excluding carboxylic acids is 3. The van der Waals surface area contributed by atoms with Crippen LogP contribution in [0.25, 0.3) is 50.7 Å². The number of aryl methyl sites for hydroxylation is 6. The Balaban J connectivity index is 0.000000207. The Morgan fingerprint density at radius 2 is 0.735 bits per heavy atom. The van der Waals surface area contributed by atoms with E-state index in [4.69, 9.17) is 44.5 Å². The molecule has 18 nitrogen and oxygen atoms in total. The smallest absolute Gasteiger partial charge is 0.227 e. The molecule has 3 amide bonds. The molecule has 9 rings (SSSR count). The van der Waals surface area contributed by atoms with E-state index in [1.807, 2.05) is 144 Å². The number of alkyl halides is 2. The Hall–Kier alpha value is -8.81. The summed E-state index contributed by atoms with van der Waals surface area (Å²) in [5.41, 5.74) is 16.0. The van der Waals surface area contributed by atoms with Crippen LogP contribution >= 0.6 is 0 Å². The topological polar surface area (TPSA) is 179 Å². The van der Waals surface area contributed by atoms with Crippen LogP contribution in [-0.4, -0.2) is 149 Å². The van der Waals surface area contributed by atoms with Gasteiger partial charge in [-0.2, -0.15) is 15.3 Å². The maximum absolute atomic E-state index is 13.1. The fraction of sp³-hybridized carbons (Fsp3) is 0.500. The minimum Gasteiger partial charge on any atom is -0.494 e. The fourth-order valence-corrected chi connectivity index (χ4v) is 12.1. The number of likely N-dealkylation sites (N-methyl/N-ethyl adjacent to an activating group) is 3. The van der Waals surface area contributed by atoms with Crippen molar-refractivity contribution < 1.29 is 37.4 Å². The molecule has 6 aromatic heterocycles. The molecule has 0 bridgehead atoms. The Morgan fingerprint density at radius 1 is 0.398 bits per heavy atom. The summed E-state index contributed by atoms with van der Waals surface area (Å²) >= 11 is 0. The molecule has 0 saturated heterocycles. The molecule has 9 aromatic rings. The van der Waals surface area contributed by atoms with Gasteiger partial charge in [-0.1, -0.05) is 59.8 Å². The van der Waals surface area contributed by atoms with Crippen molar-refractivity contribution in [3.8, 4) is 51.0 Å². The molecule has 0 aliphatic heterocycles. The maximum atomic E-state index is 13.1. The van der Waals surface area contributed by atoms with Gasteiger partial charge in [0, 0.05) is 107 Å². The summed E-state index contributed by atoms with van der Waals surface area (Å²) in [6, 6.07) is 29.1. The Morgan fingerprint density at radius 3 is 1.08 bits per heavy atom. The van der Waals surface area contributed by atoms with Gasteiger partial charge < -0.3 is 28.9 Å². The SMILES string of the molecule is CCCCCc1cc(C)n2nc(-c3ccc(OCCC)cc3)c(CC(=O)N(CC)CC)c2n1.CCCCCc1cc(C)nc2c(CC(=O)N(CC)CC)c(-c3ccc(OCCF)cc3)nn12.CCCCc1cc(C)n2nc(-c3ccc(OCCF)cc3)c(CC(=O)N(CC)CC)c2n1. The van der Waals surface area contributed by atoms with Gasteiger partial charge in [0.2, 0.25) is 17.7 Å². The minimum absolute atomic E-state index is 0.0288. The van der Waals surface area contributed by atoms with E-state index >= 15 is 0 Å². The van der Waals surface area contributed by atoms with Gasteiger partial charge in [-0.05, 0) is 198 Å². The average molecular weight is 1350 g/mol. The van der Waals surface area contributed by atoms with Gasteiger partial charge in [0.1, 0.15) is 43.8 Å². The van der Waals surface area contributed by atoms with Gasteiger partial charge in [0.25, 0.3) is 0 Å². The molecule has 0 atom stereocenters. The Bertz CT molecular complexity index is 3940. The molecule has 0 fully saturated rings. The van der Waals surface area contributed by atoms with Crippen LogP contribution in [0.2, 0.25) is 0 Å². The molecule has 0 saturated carbocycles. The Kier molecular flexibility index (Phi) is 30.4. The zero-order chi connectivity index (χ0) is 70.7. The molecule has 528 valence electrons. The lowest BCUT2D eigenvalue weighted by molar-refractivity contribution is -0.130. The third-order valence-corrected chi connectivity index (χ3v) is 17.5. The van der Waals surface area contributed by atoms with Gasteiger partial charge in [0.15, 0.2) is 16.9 Å². The van der Waals surface area contributed by atoms with E-state index in [-0.39, 0.29) is 43.8 Å². The lowest BCUT2D eigenvalue weighted by Gasteiger charge is -2.18. The molecule has 0 radical (unpaired) electrons. The standard InChI is InChI=1S/C27H38N4O2.C26H35FN4O2.C25H33FN4O2/c1-6-10-11-12-22-18-20(5)31-27(28-22)24(19-25(32)30(8-3)9-4)26(29-31)21-13-15-23(16-14-21)33-17-7-2;1-5-8-9-10-21-17-19(4)28-26-23(18-24(32)30(6-2)7-3)25(29-31(21)26)20-11-13-22(14-12-20)33-16-15-27;1-5-8-9-20-16-18(4)30-25(27-20)22(17-23(31)29(6-2)7-3)24(28-30)19-10-12-21(13-11-19)32-15-14-26/h13-16,18H,6-12,17,19H2,1-5H3;11-14,17H,5-10,15-16,18H2,1-4H3;10-13,16H,5-9,14-15,17H2,1-4H3. The summed E-state index contributed by atoms with van der Waals surface area (Å²) in [5, 5.41) is 14.7. The third-order valence-electron chi connectivity index (χ3n) is 17.5. The highest BCUT2D eigenvalue weighted by molar-refractivity contribution is 5.87. The van der Waals surface area contributed by atoms with Crippen LogP contribution < -0.4 is 14.2 Å². The van der Waals surface area contributed by atoms with Crippen molar-refractivity contribution in [3.63, 3.8) is 0 Å². The summed E-state index contributed by atoms with van der Waals surface area (Å²) in [6.07, 6.45) is 13.5. The molecule has 0 N–H and O–H groups in total. The van der Waals surface area contributed by atoms with Crippen molar-refractivity contribution in [2.75, 3.05) is 72.4 Å². The van der Waals surface area contributed by atoms with Gasteiger partial charge in [-0.15, -0.1) is 0 Å². The Labute approximate surface area is 579 Å². The predicted octanol–water partition coefficient (Wildman–Crippen LogP) is 15.6. The number of unbranched alkanes of at least 4 members (excludes halogenated alkanes) is 5. The number of hydrogen-bond donors (Lipinski definition) is 0. The highest BCUT2D eigenvalue weighted by Crippen LogP contribution is 2.33. The first-order valence-corrected chi connectivity index (χ1v) is 35.8. The van der Waals surface area contributed by atoms with Crippen LogP contribution in [0.15, 0.2) is 91.0 Å². The summed E-state index contributed by atoms with van der Waals surface area (Å²) in [5.74, 6) is 2.29. The highest BCUT2D eigenvalue weighted by atomic mass is 19.1. The number of aromatic nitrogens is 9. The van der Waals surface area contributed by atoms with Crippen LogP contribution in [0.4, 0.5) is 8.78 Å². The zero-order valence-electron chi connectivity index (χ0n) is 60.6. The number of nitrogens with zero attached hydrogens (tertiary/aromatic N) is 12. The molecule has 0 aliphatic rings. The zero-order valence-corrected chi connectivity index (χ0v) is 60.6. The second-order valence-corrected chi connectivity index (χ2v) is 24.6. The van der Waals surface area contributed by atoms with Crippen LogP contribution in [0.3, 0.4) is 0 Å². The van der Waals surface area contributed by atoms with Crippen molar-refractivity contribution in [1.82, 2.24) is 58.5 Å².